The molecule has 0 unspecified atom stereocenters. The molecule has 0 aromatic carbocycles. The molecule has 2 N–H and O–H groups in total. The van der Waals surface area contributed by atoms with E-state index in [4.69, 9.17) is 0 Å². The van der Waals surface area contributed by atoms with Crippen molar-refractivity contribution in [2.24, 2.45) is 11.8 Å². The minimum absolute atomic E-state index is 0.381. The monoisotopic (exact) mass is 308 g/mol. The van der Waals surface area contributed by atoms with E-state index in [-0.39, 0.29) is 12.2 Å². The first kappa shape index (κ1) is 21.1. The molecule has 0 aliphatic carbocycles. The second-order valence-electron chi connectivity index (χ2n) is 6.82. The van der Waals surface area contributed by atoms with Crippen molar-refractivity contribution in [3.8, 4) is 0 Å². The van der Waals surface area contributed by atoms with Gasteiger partial charge in [0, 0.05) is 0 Å². The van der Waals surface area contributed by atoms with Crippen molar-refractivity contribution in [2.75, 3.05) is 0 Å². The Morgan fingerprint density at radius 1 is 1.00 bits per heavy atom. The van der Waals surface area contributed by atoms with E-state index in [0.717, 1.165) is 25.7 Å². The van der Waals surface area contributed by atoms with Crippen LogP contribution in [0.2, 0.25) is 0 Å². The van der Waals surface area contributed by atoms with Gasteiger partial charge in [-0.25, -0.2) is 0 Å². The van der Waals surface area contributed by atoms with Gasteiger partial charge in [-0.2, -0.15) is 0 Å². The molecule has 0 heterocycles. The van der Waals surface area contributed by atoms with Gasteiger partial charge in [0.15, 0.2) is 0 Å². The van der Waals surface area contributed by atoms with E-state index < -0.39 is 0 Å². The van der Waals surface area contributed by atoms with Gasteiger partial charge in [0.1, 0.15) is 0 Å². The lowest BCUT2D eigenvalue weighted by Crippen LogP contribution is -2.08. The van der Waals surface area contributed by atoms with Crippen molar-refractivity contribution >= 4 is 0 Å². The predicted octanol–water partition coefficient (Wildman–Crippen LogP) is 5.03. The molecule has 22 heavy (non-hydrogen) atoms. The van der Waals surface area contributed by atoms with Crippen LogP contribution in [0.25, 0.3) is 0 Å². The molecule has 0 aromatic rings. The summed E-state index contributed by atoms with van der Waals surface area (Å²) in [6.45, 7) is 12.5. The maximum atomic E-state index is 10.1. The zero-order chi connectivity index (χ0) is 17.1. The van der Waals surface area contributed by atoms with E-state index in [1.807, 2.05) is 12.2 Å². The van der Waals surface area contributed by atoms with Gasteiger partial charge in [-0.1, -0.05) is 56.2 Å². The highest BCUT2D eigenvalue weighted by Crippen LogP contribution is 2.22. The van der Waals surface area contributed by atoms with Crippen LogP contribution in [0, 0.1) is 11.8 Å². The lowest BCUT2D eigenvalue weighted by molar-refractivity contribution is 0.222. The van der Waals surface area contributed by atoms with Crippen molar-refractivity contribution in [1.82, 2.24) is 0 Å². The maximum Gasteiger partial charge on any atom is 0.0760 e. The van der Waals surface area contributed by atoms with Crippen LogP contribution in [-0.4, -0.2) is 22.4 Å². The number of aliphatic hydroxyl groups is 2. The Morgan fingerprint density at radius 2 is 1.64 bits per heavy atom. The molecule has 0 bridgehead atoms. The van der Waals surface area contributed by atoms with Crippen LogP contribution in [0.4, 0.5) is 0 Å². The lowest BCUT2D eigenvalue weighted by atomic mass is 9.89. The summed E-state index contributed by atoms with van der Waals surface area (Å²) in [7, 11) is 0. The van der Waals surface area contributed by atoms with Gasteiger partial charge in [0.25, 0.3) is 0 Å². The minimum atomic E-state index is -0.381. The fourth-order valence-corrected chi connectivity index (χ4v) is 2.58. The molecule has 0 rings (SSSR count). The first-order chi connectivity index (χ1) is 10.3. The molecular formula is C20H36O2. The average molecular weight is 309 g/mol. The molecule has 0 aromatic heterocycles. The second kappa shape index (κ2) is 11.7. The van der Waals surface area contributed by atoms with Crippen LogP contribution >= 0.6 is 0 Å². The van der Waals surface area contributed by atoms with Crippen molar-refractivity contribution in [1.29, 1.82) is 0 Å². The summed E-state index contributed by atoms with van der Waals surface area (Å²) in [6, 6.07) is 0. The molecule has 0 saturated carbocycles. The molecule has 2 nitrogen and oxygen atoms in total. The van der Waals surface area contributed by atoms with E-state index in [1.165, 1.54) is 11.1 Å². The number of rotatable bonds is 10. The first-order valence-corrected chi connectivity index (χ1v) is 8.63. The van der Waals surface area contributed by atoms with Crippen LogP contribution < -0.4 is 0 Å². The van der Waals surface area contributed by atoms with Gasteiger partial charge in [0.2, 0.25) is 0 Å². The smallest absolute Gasteiger partial charge is 0.0760 e. The Morgan fingerprint density at radius 3 is 2.14 bits per heavy atom. The molecule has 0 aliphatic heterocycles. The van der Waals surface area contributed by atoms with Crippen LogP contribution in [0.15, 0.2) is 35.5 Å². The SMILES string of the molecule is CC/C=C(\C)C[C@@H](O)/C=C(\C)CC[C@H](/C=C/[C@@H](C)O)C(C)C. The fraction of sp³-hybridized carbons (Fsp3) is 0.700. The Balaban J connectivity index is 4.46. The quantitative estimate of drug-likeness (QED) is 0.556. The zero-order valence-electron chi connectivity index (χ0n) is 15.3. The highest BCUT2D eigenvalue weighted by molar-refractivity contribution is 5.08. The summed E-state index contributed by atoms with van der Waals surface area (Å²) in [4.78, 5) is 0. The molecule has 2 heteroatoms. The molecule has 0 radical (unpaired) electrons. The van der Waals surface area contributed by atoms with Crippen LogP contribution in [0.3, 0.4) is 0 Å². The van der Waals surface area contributed by atoms with E-state index in [9.17, 15) is 10.2 Å². The highest BCUT2D eigenvalue weighted by atomic mass is 16.3. The Kier molecular flexibility index (Phi) is 11.2. The summed E-state index contributed by atoms with van der Waals surface area (Å²) >= 11 is 0. The van der Waals surface area contributed by atoms with Gasteiger partial charge in [0.05, 0.1) is 12.2 Å². The lowest BCUT2D eigenvalue weighted by Gasteiger charge is -2.18. The third-order valence-corrected chi connectivity index (χ3v) is 3.93. The topological polar surface area (TPSA) is 40.5 Å². The Bertz CT molecular complexity index is 375. The van der Waals surface area contributed by atoms with Gasteiger partial charge in [-0.3, -0.25) is 0 Å². The summed E-state index contributed by atoms with van der Waals surface area (Å²) in [5.74, 6) is 1.03. The van der Waals surface area contributed by atoms with E-state index in [2.05, 4.69) is 46.8 Å². The number of allylic oxidation sites excluding steroid dienone is 3. The third-order valence-electron chi connectivity index (χ3n) is 3.93. The molecule has 128 valence electrons. The first-order valence-electron chi connectivity index (χ1n) is 8.63. The Labute approximate surface area is 137 Å². The van der Waals surface area contributed by atoms with Crippen LogP contribution in [-0.2, 0) is 0 Å². The standard InChI is InChI=1S/C20H36O2/c1-7-8-16(4)13-20(22)14-17(5)9-11-19(15(2)3)12-10-18(6)21/h8,10,12,14-15,18-22H,7,9,11,13H2,1-6H3/b12-10+,16-8+,17-14+/t18-,19-,20-/m1/s1. The van der Waals surface area contributed by atoms with Gasteiger partial charge >= 0.3 is 0 Å². The minimum Gasteiger partial charge on any atom is -0.389 e. The number of hydrogen-bond donors (Lipinski definition) is 2. The summed E-state index contributed by atoms with van der Waals surface area (Å²) in [5, 5.41) is 19.5. The summed E-state index contributed by atoms with van der Waals surface area (Å²) < 4.78 is 0. The zero-order valence-corrected chi connectivity index (χ0v) is 15.3. The molecule has 0 aliphatic rings. The van der Waals surface area contributed by atoms with Crippen LogP contribution in [0.5, 0.6) is 0 Å². The van der Waals surface area contributed by atoms with E-state index in [0.29, 0.717) is 11.8 Å². The van der Waals surface area contributed by atoms with Crippen molar-refractivity contribution < 1.29 is 10.2 Å². The summed E-state index contributed by atoms with van der Waals surface area (Å²) in [5.41, 5.74) is 2.49. The largest absolute Gasteiger partial charge is 0.389 e. The van der Waals surface area contributed by atoms with Crippen molar-refractivity contribution in [3.63, 3.8) is 0 Å². The van der Waals surface area contributed by atoms with Crippen LogP contribution in [0.1, 0.15) is 67.2 Å². The fourth-order valence-electron chi connectivity index (χ4n) is 2.58. The molecule has 0 spiro atoms. The van der Waals surface area contributed by atoms with Crippen molar-refractivity contribution in [2.45, 2.75) is 79.4 Å². The van der Waals surface area contributed by atoms with Gasteiger partial charge < -0.3 is 10.2 Å². The number of aliphatic hydroxyl groups excluding tert-OH is 2. The predicted molar refractivity (Wildman–Crippen MR) is 96.8 cm³/mol. The normalized spacial score (nSPS) is 18.0. The van der Waals surface area contributed by atoms with Gasteiger partial charge in [-0.15, -0.1) is 0 Å². The Hall–Kier alpha value is -0.860. The molecule has 3 atom stereocenters. The van der Waals surface area contributed by atoms with E-state index >= 15 is 0 Å². The molecule has 0 saturated heterocycles. The summed E-state index contributed by atoms with van der Waals surface area (Å²) in [6.07, 6.45) is 11.2. The number of hydrogen-bond acceptors (Lipinski definition) is 2. The highest BCUT2D eigenvalue weighted by Gasteiger charge is 2.11. The van der Waals surface area contributed by atoms with E-state index in [1.54, 1.807) is 6.92 Å². The maximum absolute atomic E-state index is 10.1. The molecule has 0 fully saturated rings. The molecular weight excluding hydrogens is 272 g/mol. The van der Waals surface area contributed by atoms with Gasteiger partial charge in [-0.05, 0) is 58.3 Å². The molecule has 0 amide bonds. The second-order valence-corrected chi connectivity index (χ2v) is 6.82. The van der Waals surface area contributed by atoms with Crippen molar-refractivity contribution in [3.05, 3.63) is 35.5 Å². The average Bonchev–Trinajstić information content (AvgIpc) is 2.37. The third kappa shape index (κ3) is 10.8.